The van der Waals surface area contributed by atoms with Crippen LogP contribution in [0.1, 0.15) is 25.5 Å². The van der Waals surface area contributed by atoms with Crippen LogP contribution < -0.4 is 10.6 Å². The highest BCUT2D eigenvalue weighted by Crippen LogP contribution is 2.23. The molecule has 0 aliphatic rings. The molecule has 0 unspecified atom stereocenters. The van der Waals surface area contributed by atoms with E-state index >= 15 is 0 Å². The smallest absolute Gasteiger partial charge is 0.151 e. The molecule has 0 radical (unpaired) electrons. The maximum absolute atomic E-state index is 7.35. The molecule has 3 N–H and O–H groups in total. The van der Waals surface area contributed by atoms with Gasteiger partial charge in [0.25, 0.3) is 0 Å². The predicted octanol–water partition coefficient (Wildman–Crippen LogP) is 2.70. The summed E-state index contributed by atoms with van der Waals surface area (Å²) < 4.78 is 0. The van der Waals surface area contributed by atoms with Crippen LogP contribution in [0.3, 0.4) is 0 Å². The van der Waals surface area contributed by atoms with Crippen LogP contribution in [-0.2, 0) is 0 Å². The minimum atomic E-state index is -0.0659. The maximum atomic E-state index is 7.35. The van der Waals surface area contributed by atoms with Crippen LogP contribution in [0, 0.1) is 5.41 Å². The summed E-state index contributed by atoms with van der Waals surface area (Å²) in [5.74, 6) is 0.707. The number of amidine groups is 1. The van der Waals surface area contributed by atoms with E-state index in [9.17, 15) is 0 Å². The topological polar surface area (TPSA) is 78.9 Å². The number of benzene rings is 1. The monoisotopic (exact) mass is 269 g/mol. The SMILES string of the molecule is CCCCN(c1ccccc1)c1cnc(C(=N)N)cn1. The highest BCUT2D eigenvalue weighted by molar-refractivity contribution is 5.92. The van der Waals surface area contributed by atoms with Gasteiger partial charge in [0.1, 0.15) is 11.5 Å². The normalized spacial score (nSPS) is 10.2. The van der Waals surface area contributed by atoms with Crippen molar-refractivity contribution >= 4 is 17.3 Å². The van der Waals surface area contributed by atoms with E-state index in [4.69, 9.17) is 11.1 Å². The highest BCUT2D eigenvalue weighted by atomic mass is 15.2. The molecule has 0 saturated heterocycles. The van der Waals surface area contributed by atoms with Gasteiger partial charge in [0.15, 0.2) is 5.82 Å². The van der Waals surface area contributed by atoms with Gasteiger partial charge in [-0.1, -0.05) is 31.5 Å². The van der Waals surface area contributed by atoms with Crippen molar-refractivity contribution < 1.29 is 0 Å². The van der Waals surface area contributed by atoms with Crippen LogP contribution in [0.5, 0.6) is 0 Å². The number of anilines is 2. The van der Waals surface area contributed by atoms with Gasteiger partial charge in [-0.15, -0.1) is 0 Å². The highest BCUT2D eigenvalue weighted by Gasteiger charge is 2.10. The van der Waals surface area contributed by atoms with Gasteiger partial charge in [-0.25, -0.2) is 9.97 Å². The number of nitrogens with two attached hydrogens (primary N) is 1. The summed E-state index contributed by atoms with van der Waals surface area (Å²) in [6, 6.07) is 10.1. The summed E-state index contributed by atoms with van der Waals surface area (Å²) in [7, 11) is 0. The second-order valence-electron chi connectivity index (χ2n) is 4.51. The Morgan fingerprint density at radius 2 is 1.95 bits per heavy atom. The molecule has 0 amide bonds. The minimum absolute atomic E-state index is 0.0659. The molecule has 0 atom stereocenters. The zero-order chi connectivity index (χ0) is 14.4. The Labute approximate surface area is 119 Å². The summed E-state index contributed by atoms with van der Waals surface area (Å²) in [5, 5.41) is 7.35. The molecule has 1 aromatic carbocycles. The number of hydrogen-bond acceptors (Lipinski definition) is 4. The molecular formula is C15H19N5. The fourth-order valence-corrected chi connectivity index (χ4v) is 1.90. The first-order chi connectivity index (χ1) is 9.72. The number of hydrogen-bond donors (Lipinski definition) is 2. The first kappa shape index (κ1) is 14.0. The molecule has 5 heteroatoms. The van der Waals surface area contributed by atoms with Crippen molar-refractivity contribution in [3.8, 4) is 0 Å². The van der Waals surface area contributed by atoms with E-state index in [1.54, 1.807) is 12.4 Å². The second kappa shape index (κ2) is 6.65. The summed E-state index contributed by atoms with van der Waals surface area (Å²) in [6.07, 6.45) is 5.40. The number of nitrogen functional groups attached to an aromatic ring is 1. The van der Waals surface area contributed by atoms with Gasteiger partial charge in [0.2, 0.25) is 0 Å². The van der Waals surface area contributed by atoms with E-state index in [0.717, 1.165) is 30.9 Å². The molecular weight excluding hydrogens is 250 g/mol. The van der Waals surface area contributed by atoms with Crippen molar-refractivity contribution in [1.82, 2.24) is 9.97 Å². The molecule has 0 spiro atoms. The Balaban J connectivity index is 2.28. The van der Waals surface area contributed by atoms with Crippen LogP contribution in [0.2, 0.25) is 0 Å². The maximum Gasteiger partial charge on any atom is 0.151 e. The standard InChI is InChI=1S/C15H19N5/c1-2-3-9-20(12-7-5-4-6-8-12)14-11-18-13(10-19-14)15(16)17/h4-8,10-11H,2-3,9H2,1H3,(H3,16,17). The van der Waals surface area contributed by atoms with Gasteiger partial charge >= 0.3 is 0 Å². The molecule has 20 heavy (non-hydrogen) atoms. The minimum Gasteiger partial charge on any atom is -0.382 e. The molecule has 2 aromatic rings. The van der Waals surface area contributed by atoms with Crippen LogP contribution in [0.4, 0.5) is 11.5 Å². The first-order valence-electron chi connectivity index (χ1n) is 6.71. The second-order valence-corrected chi connectivity index (χ2v) is 4.51. The van der Waals surface area contributed by atoms with Crippen LogP contribution in [0.15, 0.2) is 42.7 Å². The molecule has 0 saturated carbocycles. The van der Waals surface area contributed by atoms with Gasteiger partial charge in [-0.2, -0.15) is 0 Å². The quantitative estimate of drug-likeness (QED) is 0.624. The van der Waals surface area contributed by atoms with E-state index in [0.29, 0.717) is 5.69 Å². The van der Waals surface area contributed by atoms with Crippen molar-refractivity contribution in [2.75, 3.05) is 11.4 Å². The summed E-state index contributed by atoms with van der Waals surface area (Å²) in [6.45, 7) is 3.04. The van der Waals surface area contributed by atoms with Gasteiger partial charge in [0.05, 0.1) is 12.4 Å². The van der Waals surface area contributed by atoms with Crippen molar-refractivity contribution in [1.29, 1.82) is 5.41 Å². The third-order valence-corrected chi connectivity index (χ3v) is 2.99. The average Bonchev–Trinajstić information content (AvgIpc) is 2.49. The third-order valence-electron chi connectivity index (χ3n) is 2.99. The average molecular weight is 269 g/mol. The molecule has 0 aliphatic heterocycles. The van der Waals surface area contributed by atoms with Gasteiger partial charge < -0.3 is 10.6 Å². The number of para-hydroxylation sites is 1. The fourth-order valence-electron chi connectivity index (χ4n) is 1.90. The Morgan fingerprint density at radius 3 is 2.50 bits per heavy atom. The molecule has 5 nitrogen and oxygen atoms in total. The third kappa shape index (κ3) is 3.32. The van der Waals surface area contributed by atoms with Crippen molar-refractivity contribution in [3.05, 3.63) is 48.4 Å². The molecule has 1 heterocycles. The molecule has 0 aliphatic carbocycles. The largest absolute Gasteiger partial charge is 0.382 e. The van der Waals surface area contributed by atoms with E-state index in [-0.39, 0.29) is 5.84 Å². The molecule has 2 rings (SSSR count). The number of aromatic nitrogens is 2. The molecule has 1 aromatic heterocycles. The lowest BCUT2D eigenvalue weighted by Crippen LogP contribution is -2.21. The van der Waals surface area contributed by atoms with E-state index in [2.05, 4.69) is 33.9 Å². The van der Waals surface area contributed by atoms with E-state index < -0.39 is 0 Å². The molecule has 0 bridgehead atoms. The van der Waals surface area contributed by atoms with E-state index in [1.807, 2.05) is 18.2 Å². The van der Waals surface area contributed by atoms with Gasteiger partial charge in [-0.05, 0) is 18.6 Å². The Morgan fingerprint density at radius 1 is 1.20 bits per heavy atom. The Kier molecular flexibility index (Phi) is 4.65. The Bertz CT molecular complexity index is 550. The number of unbranched alkanes of at least 4 members (excludes halogenated alkanes) is 1. The number of rotatable bonds is 6. The molecule has 0 fully saturated rings. The Hall–Kier alpha value is -2.43. The van der Waals surface area contributed by atoms with Crippen LogP contribution in [-0.4, -0.2) is 22.3 Å². The van der Waals surface area contributed by atoms with Crippen LogP contribution >= 0.6 is 0 Å². The number of nitrogens with one attached hydrogen (secondary N) is 1. The van der Waals surface area contributed by atoms with E-state index in [1.165, 1.54) is 0 Å². The first-order valence-corrected chi connectivity index (χ1v) is 6.71. The zero-order valence-electron chi connectivity index (χ0n) is 11.6. The summed E-state index contributed by atoms with van der Waals surface area (Å²) in [4.78, 5) is 10.7. The lowest BCUT2D eigenvalue weighted by Gasteiger charge is -2.23. The lowest BCUT2D eigenvalue weighted by molar-refractivity contribution is 0.777. The lowest BCUT2D eigenvalue weighted by atomic mass is 10.2. The van der Waals surface area contributed by atoms with Crippen molar-refractivity contribution in [3.63, 3.8) is 0 Å². The van der Waals surface area contributed by atoms with Crippen molar-refractivity contribution in [2.45, 2.75) is 19.8 Å². The molecule has 104 valence electrons. The predicted molar refractivity (Wildman–Crippen MR) is 81.4 cm³/mol. The van der Waals surface area contributed by atoms with Gasteiger partial charge in [0, 0.05) is 12.2 Å². The van der Waals surface area contributed by atoms with Crippen LogP contribution in [0.25, 0.3) is 0 Å². The number of nitrogens with zero attached hydrogens (tertiary/aromatic N) is 3. The zero-order valence-corrected chi connectivity index (χ0v) is 11.6. The summed E-state index contributed by atoms with van der Waals surface area (Å²) in [5.41, 5.74) is 6.89. The van der Waals surface area contributed by atoms with Crippen molar-refractivity contribution in [2.24, 2.45) is 5.73 Å². The summed E-state index contributed by atoms with van der Waals surface area (Å²) >= 11 is 0. The fraction of sp³-hybridized carbons (Fsp3) is 0.267. The van der Waals surface area contributed by atoms with Gasteiger partial charge in [-0.3, -0.25) is 5.41 Å².